The predicted octanol–water partition coefficient (Wildman–Crippen LogP) is 0.319. The summed E-state index contributed by atoms with van der Waals surface area (Å²) in [5, 5.41) is 0. The maximum Gasteiger partial charge on any atom is 0.0428 e. The Morgan fingerprint density at radius 1 is 0.833 bits per heavy atom. The second-order valence-electron chi connectivity index (χ2n) is 3.07. The molecule has 0 aromatic heterocycles. The van der Waals surface area contributed by atoms with Crippen LogP contribution in [-0.4, -0.2) is 52.0 Å². The molecular formula is C9H24N2Si. The molecule has 0 aliphatic heterocycles. The monoisotopic (exact) mass is 188 g/mol. The van der Waals surface area contributed by atoms with Crippen molar-refractivity contribution in [2.24, 2.45) is 0 Å². The van der Waals surface area contributed by atoms with E-state index < -0.39 is 0 Å². The summed E-state index contributed by atoms with van der Waals surface area (Å²) in [5.74, 6) is 0.731. The van der Waals surface area contributed by atoms with Crippen LogP contribution >= 0.6 is 0 Å². The first kappa shape index (κ1) is 12.1. The molecule has 0 bridgehead atoms. The van der Waals surface area contributed by atoms with Gasteiger partial charge in [-0.15, -0.1) is 0 Å². The Bertz CT molecular complexity index is 88.7. The quantitative estimate of drug-likeness (QED) is 0.437. The van der Waals surface area contributed by atoms with Crippen LogP contribution in [-0.2, 0) is 0 Å². The molecule has 0 unspecified atom stereocenters. The van der Waals surface area contributed by atoms with E-state index in [1.165, 1.54) is 36.4 Å². The molecule has 0 atom stereocenters. The van der Waals surface area contributed by atoms with Crippen LogP contribution in [0.4, 0.5) is 0 Å². The van der Waals surface area contributed by atoms with Crippen molar-refractivity contribution in [3.63, 3.8) is 0 Å². The van der Waals surface area contributed by atoms with Crippen LogP contribution in [0, 0.1) is 0 Å². The topological polar surface area (TPSA) is 6.48 Å². The summed E-state index contributed by atoms with van der Waals surface area (Å²) in [4.78, 5) is 5.08. The van der Waals surface area contributed by atoms with Crippen LogP contribution < -0.4 is 0 Å². The maximum absolute atomic E-state index is 2.54. The molecule has 0 rings (SSSR count). The van der Waals surface area contributed by atoms with Gasteiger partial charge in [-0.05, 0) is 26.2 Å². The van der Waals surface area contributed by atoms with E-state index in [1.54, 1.807) is 0 Å². The Hall–Kier alpha value is 0.137. The summed E-state index contributed by atoms with van der Waals surface area (Å²) in [6, 6.07) is 0. The molecule has 3 heteroatoms. The smallest absolute Gasteiger partial charge is 0.0428 e. The lowest BCUT2D eigenvalue weighted by Gasteiger charge is -2.35. The van der Waals surface area contributed by atoms with E-state index in [1.807, 2.05) is 0 Å². The molecule has 0 N–H and O–H groups in total. The number of rotatable bonds is 6. The Morgan fingerprint density at radius 3 is 1.25 bits per heavy atom. The third-order valence-corrected chi connectivity index (χ3v) is 4.14. The van der Waals surface area contributed by atoms with Gasteiger partial charge in [-0.3, -0.25) is 9.80 Å². The lowest BCUT2D eigenvalue weighted by molar-refractivity contribution is 0.118. The molecule has 0 saturated carbocycles. The highest BCUT2D eigenvalue weighted by Gasteiger charge is 2.14. The van der Waals surface area contributed by atoms with Crippen molar-refractivity contribution in [2.45, 2.75) is 33.5 Å². The SMILES string of the molecule is CCN(CC)C([SiH3])N(CC)CC. The number of nitrogens with zero attached hydrogens (tertiary/aromatic N) is 2. The standard InChI is InChI=1S/C9H24N2Si/c1-5-10(6-2)9(12)11(7-3)8-4/h9H,5-8H2,1-4,12H3. The largest absolute Gasteiger partial charge is 0.292 e. The fourth-order valence-corrected chi connectivity index (χ4v) is 3.20. The Balaban J connectivity index is 4.02. The summed E-state index contributed by atoms with van der Waals surface area (Å²) in [6.07, 6.45) is 0. The van der Waals surface area contributed by atoms with Gasteiger partial charge in [0.25, 0.3) is 0 Å². The molecule has 0 aromatic carbocycles. The first-order valence-corrected chi connectivity index (χ1v) is 6.34. The van der Waals surface area contributed by atoms with E-state index in [0.717, 1.165) is 5.79 Å². The molecular weight excluding hydrogens is 164 g/mol. The first-order chi connectivity index (χ1) is 5.71. The van der Waals surface area contributed by atoms with E-state index in [4.69, 9.17) is 0 Å². The Labute approximate surface area is 80.3 Å². The molecule has 0 amide bonds. The average molecular weight is 188 g/mol. The third-order valence-electron chi connectivity index (χ3n) is 2.68. The lowest BCUT2D eigenvalue weighted by Crippen LogP contribution is -2.48. The minimum atomic E-state index is 0.731. The van der Waals surface area contributed by atoms with Crippen molar-refractivity contribution in [3.05, 3.63) is 0 Å². The molecule has 0 radical (unpaired) electrons. The molecule has 74 valence electrons. The fourth-order valence-electron chi connectivity index (χ4n) is 1.74. The Morgan fingerprint density at radius 2 is 1.08 bits per heavy atom. The van der Waals surface area contributed by atoms with Gasteiger partial charge >= 0.3 is 0 Å². The third kappa shape index (κ3) is 3.25. The lowest BCUT2D eigenvalue weighted by atomic mass is 10.5. The first-order valence-electron chi connectivity index (χ1n) is 5.19. The van der Waals surface area contributed by atoms with Crippen LogP contribution in [0.1, 0.15) is 27.7 Å². The van der Waals surface area contributed by atoms with Gasteiger partial charge in [0.15, 0.2) is 0 Å². The summed E-state index contributed by atoms with van der Waals surface area (Å²) < 4.78 is 0. The van der Waals surface area contributed by atoms with Crippen molar-refractivity contribution in [1.82, 2.24) is 9.80 Å². The molecule has 0 fully saturated rings. The van der Waals surface area contributed by atoms with Gasteiger partial charge < -0.3 is 0 Å². The minimum Gasteiger partial charge on any atom is -0.292 e. The van der Waals surface area contributed by atoms with E-state index in [0.29, 0.717) is 0 Å². The van der Waals surface area contributed by atoms with Crippen molar-refractivity contribution < 1.29 is 0 Å². The molecule has 0 aliphatic rings. The molecule has 0 heterocycles. The summed E-state index contributed by atoms with van der Waals surface area (Å²) in [6.45, 7) is 13.7. The van der Waals surface area contributed by atoms with Gasteiger partial charge in [-0.25, -0.2) is 0 Å². The molecule has 12 heavy (non-hydrogen) atoms. The minimum absolute atomic E-state index is 0.731. The van der Waals surface area contributed by atoms with E-state index in [9.17, 15) is 0 Å². The highest BCUT2D eigenvalue weighted by Crippen LogP contribution is 2.01. The average Bonchev–Trinajstić information content (AvgIpc) is 2.09. The summed E-state index contributed by atoms with van der Waals surface area (Å²) in [7, 11) is 1.25. The Kier molecular flexibility index (Phi) is 6.71. The van der Waals surface area contributed by atoms with Crippen molar-refractivity contribution in [3.8, 4) is 0 Å². The highest BCUT2D eigenvalue weighted by molar-refractivity contribution is 6.11. The van der Waals surface area contributed by atoms with Gasteiger partial charge in [-0.1, -0.05) is 27.7 Å². The zero-order chi connectivity index (χ0) is 9.56. The van der Waals surface area contributed by atoms with Gasteiger partial charge in [0.2, 0.25) is 0 Å². The highest BCUT2D eigenvalue weighted by atomic mass is 28.1. The molecule has 0 aromatic rings. The van der Waals surface area contributed by atoms with Crippen LogP contribution in [0.5, 0.6) is 0 Å². The molecule has 0 spiro atoms. The molecule has 2 nitrogen and oxygen atoms in total. The fraction of sp³-hybridized carbons (Fsp3) is 1.00. The zero-order valence-corrected chi connectivity index (χ0v) is 11.3. The van der Waals surface area contributed by atoms with Gasteiger partial charge in [-0.2, -0.15) is 0 Å². The van der Waals surface area contributed by atoms with Gasteiger partial charge in [0.1, 0.15) is 0 Å². The van der Waals surface area contributed by atoms with Crippen LogP contribution in [0.25, 0.3) is 0 Å². The van der Waals surface area contributed by atoms with Crippen LogP contribution in [0.3, 0.4) is 0 Å². The second kappa shape index (κ2) is 6.63. The van der Waals surface area contributed by atoms with Crippen molar-refractivity contribution >= 4 is 10.2 Å². The zero-order valence-electron chi connectivity index (χ0n) is 9.30. The number of hydrogen-bond donors (Lipinski definition) is 0. The van der Waals surface area contributed by atoms with Crippen molar-refractivity contribution in [2.75, 3.05) is 26.2 Å². The maximum atomic E-state index is 2.54. The second-order valence-corrected chi connectivity index (χ2v) is 4.11. The predicted molar refractivity (Wildman–Crippen MR) is 59.6 cm³/mol. The molecule has 0 aliphatic carbocycles. The van der Waals surface area contributed by atoms with Crippen LogP contribution in [0.2, 0.25) is 0 Å². The van der Waals surface area contributed by atoms with E-state index in [-0.39, 0.29) is 0 Å². The van der Waals surface area contributed by atoms with E-state index in [2.05, 4.69) is 37.5 Å². The van der Waals surface area contributed by atoms with E-state index >= 15 is 0 Å². The van der Waals surface area contributed by atoms with Gasteiger partial charge in [0.05, 0.1) is 0 Å². The summed E-state index contributed by atoms with van der Waals surface area (Å²) >= 11 is 0. The summed E-state index contributed by atoms with van der Waals surface area (Å²) in [5.41, 5.74) is 0. The van der Waals surface area contributed by atoms with Crippen LogP contribution in [0.15, 0.2) is 0 Å². The number of hydrogen-bond acceptors (Lipinski definition) is 2. The van der Waals surface area contributed by atoms with Crippen molar-refractivity contribution in [1.29, 1.82) is 0 Å². The van der Waals surface area contributed by atoms with Gasteiger partial charge in [0, 0.05) is 16.0 Å². The normalized spacial score (nSPS) is 12.2. The molecule has 0 saturated heterocycles.